The van der Waals surface area contributed by atoms with E-state index in [1.54, 1.807) is 6.92 Å². The number of ketones is 1. The van der Waals surface area contributed by atoms with E-state index >= 15 is 0 Å². The Kier molecular flexibility index (Phi) is 7.37. The SMILES string of the molecule is C=C(C)C(=O)CCCl.N. The largest absolute Gasteiger partial charge is 0.344 e. The Morgan fingerprint density at radius 2 is 2.11 bits per heavy atom. The molecule has 0 radical (unpaired) electrons. The highest BCUT2D eigenvalue weighted by Gasteiger charge is 1.98. The topological polar surface area (TPSA) is 52.1 Å². The van der Waals surface area contributed by atoms with Crippen LogP contribution in [-0.4, -0.2) is 11.7 Å². The molecule has 0 unspecified atom stereocenters. The molecule has 54 valence electrons. The minimum Gasteiger partial charge on any atom is -0.344 e. The second-order valence-electron chi connectivity index (χ2n) is 1.64. The maximum atomic E-state index is 10.6. The molecule has 0 aliphatic heterocycles. The summed E-state index contributed by atoms with van der Waals surface area (Å²) in [6.07, 6.45) is 0.414. The van der Waals surface area contributed by atoms with Crippen LogP contribution < -0.4 is 6.15 Å². The molecule has 0 aliphatic carbocycles. The number of hydrogen-bond acceptors (Lipinski definition) is 2. The number of carbonyl (C=O) groups is 1. The lowest BCUT2D eigenvalue weighted by Crippen LogP contribution is -1.97. The van der Waals surface area contributed by atoms with Gasteiger partial charge in [0.1, 0.15) is 0 Å². The van der Waals surface area contributed by atoms with Crippen molar-refractivity contribution in [3.63, 3.8) is 0 Å². The number of alkyl halides is 1. The molecule has 0 heterocycles. The zero-order valence-electron chi connectivity index (χ0n) is 5.61. The average Bonchev–Trinajstić information content (AvgIpc) is 1.67. The van der Waals surface area contributed by atoms with E-state index in [-0.39, 0.29) is 11.9 Å². The van der Waals surface area contributed by atoms with Crippen LogP contribution in [-0.2, 0) is 4.79 Å². The van der Waals surface area contributed by atoms with Crippen molar-refractivity contribution in [2.24, 2.45) is 0 Å². The van der Waals surface area contributed by atoms with Gasteiger partial charge in [-0.15, -0.1) is 11.6 Å². The first-order valence-corrected chi connectivity index (χ1v) is 2.96. The number of hydrogen-bond donors (Lipinski definition) is 1. The van der Waals surface area contributed by atoms with Gasteiger partial charge in [0.25, 0.3) is 0 Å². The van der Waals surface area contributed by atoms with Gasteiger partial charge in [-0.1, -0.05) is 6.58 Å². The molecule has 0 aromatic carbocycles. The van der Waals surface area contributed by atoms with E-state index in [0.717, 1.165) is 0 Å². The first-order chi connectivity index (χ1) is 3.68. The number of halogens is 1. The van der Waals surface area contributed by atoms with Gasteiger partial charge in [-0.25, -0.2) is 0 Å². The highest BCUT2D eigenvalue weighted by molar-refractivity contribution is 6.19. The van der Waals surface area contributed by atoms with Crippen molar-refractivity contribution in [2.75, 3.05) is 5.88 Å². The highest BCUT2D eigenvalue weighted by Crippen LogP contribution is 1.95. The summed E-state index contributed by atoms with van der Waals surface area (Å²) < 4.78 is 0. The molecule has 0 bridgehead atoms. The molecule has 0 spiro atoms. The Balaban J connectivity index is 0. The van der Waals surface area contributed by atoms with Crippen LogP contribution in [0.4, 0.5) is 0 Å². The first-order valence-electron chi connectivity index (χ1n) is 2.43. The summed E-state index contributed by atoms with van der Waals surface area (Å²) in [5.74, 6) is 0.450. The number of allylic oxidation sites excluding steroid dienone is 1. The molecule has 3 heteroatoms. The summed E-state index contributed by atoms with van der Waals surface area (Å²) in [5.41, 5.74) is 0.589. The van der Waals surface area contributed by atoms with Crippen LogP contribution in [0.2, 0.25) is 0 Å². The zero-order chi connectivity index (χ0) is 6.57. The predicted molar refractivity (Wildman–Crippen MR) is 40.2 cm³/mol. The monoisotopic (exact) mass is 149 g/mol. The molecule has 0 saturated carbocycles. The van der Waals surface area contributed by atoms with Crippen LogP contribution in [0, 0.1) is 0 Å². The summed E-state index contributed by atoms with van der Waals surface area (Å²) in [6, 6.07) is 0. The lowest BCUT2D eigenvalue weighted by molar-refractivity contribution is -0.115. The fourth-order valence-corrected chi connectivity index (χ4v) is 0.471. The van der Waals surface area contributed by atoms with Crippen LogP contribution in [0.15, 0.2) is 12.2 Å². The molecule has 0 aromatic rings. The van der Waals surface area contributed by atoms with Crippen LogP contribution in [0.5, 0.6) is 0 Å². The predicted octanol–water partition coefficient (Wildman–Crippen LogP) is 1.92. The molecule has 0 aromatic heterocycles. The molecular formula is C6H12ClNO. The van der Waals surface area contributed by atoms with Gasteiger partial charge < -0.3 is 6.15 Å². The van der Waals surface area contributed by atoms with Crippen LogP contribution in [0.1, 0.15) is 13.3 Å². The van der Waals surface area contributed by atoms with Gasteiger partial charge in [-0.3, -0.25) is 4.79 Å². The number of Topliss-reactive ketones (excluding diaryl/α,β-unsaturated/α-hetero) is 1. The van der Waals surface area contributed by atoms with Gasteiger partial charge in [0.05, 0.1) is 0 Å². The van der Waals surface area contributed by atoms with Crippen molar-refractivity contribution in [3.05, 3.63) is 12.2 Å². The van der Waals surface area contributed by atoms with Crippen molar-refractivity contribution in [3.8, 4) is 0 Å². The minimum atomic E-state index is 0. The summed E-state index contributed by atoms with van der Waals surface area (Å²) in [4.78, 5) is 10.6. The van der Waals surface area contributed by atoms with E-state index in [1.807, 2.05) is 0 Å². The van der Waals surface area contributed by atoms with Gasteiger partial charge >= 0.3 is 0 Å². The molecule has 0 amide bonds. The summed E-state index contributed by atoms with van der Waals surface area (Å²) in [6.45, 7) is 5.15. The Labute approximate surface area is 60.5 Å². The Morgan fingerprint density at radius 1 is 1.67 bits per heavy atom. The van der Waals surface area contributed by atoms with E-state index < -0.39 is 0 Å². The number of carbonyl (C=O) groups excluding carboxylic acids is 1. The molecule has 0 fully saturated rings. The fraction of sp³-hybridized carbons (Fsp3) is 0.500. The van der Waals surface area contributed by atoms with E-state index in [1.165, 1.54) is 0 Å². The van der Waals surface area contributed by atoms with Crippen molar-refractivity contribution >= 4 is 17.4 Å². The third-order valence-corrected chi connectivity index (χ3v) is 0.987. The summed E-state index contributed by atoms with van der Waals surface area (Å²) >= 11 is 5.28. The van der Waals surface area contributed by atoms with Crippen molar-refractivity contribution in [2.45, 2.75) is 13.3 Å². The van der Waals surface area contributed by atoms with Crippen molar-refractivity contribution < 1.29 is 4.79 Å². The number of rotatable bonds is 3. The molecule has 0 rings (SSSR count). The zero-order valence-corrected chi connectivity index (χ0v) is 6.37. The van der Waals surface area contributed by atoms with Gasteiger partial charge in [0, 0.05) is 12.3 Å². The van der Waals surface area contributed by atoms with Crippen LogP contribution in [0.3, 0.4) is 0 Å². The lowest BCUT2D eigenvalue weighted by atomic mass is 10.2. The van der Waals surface area contributed by atoms with Crippen LogP contribution >= 0.6 is 11.6 Å². The Bertz CT molecular complexity index is 112. The Hall–Kier alpha value is -0.340. The van der Waals surface area contributed by atoms with Crippen LogP contribution in [0.25, 0.3) is 0 Å². The van der Waals surface area contributed by atoms with Crippen molar-refractivity contribution in [1.29, 1.82) is 0 Å². The maximum absolute atomic E-state index is 10.6. The minimum absolute atomic E-state index is 0. The van der Waals surface area contributed by atoms with E-state index in [9.17, 15) is 4.79 Å². The highest BCUT2D eigenvalue weighted by atomic mass is 35.5. The maximum Gasteiger partial charge on any atom is 0.159 e. The normalized spacial score (nSPS) is 7.78. The summed E-state index contributed by atoms with van der Waals surface area (Å²) in [5, 5.41) is 0. The first kappa shape index (κ1) is 11.5. The van der Waals surface area contributed by atoms with E-state index in [2.05, 4.69) is 6.58 Å². The lowest BCUT2D eigenvalue weighted by Gasteiger charge is -1.91. The molecule has 0 atom stereocenters. The second kappa shape index (κ2) is 5.79. The average molecular weight is 150 g/mol. The molecule has 0 aliphatic rings. The van der Waals surface area contributed by atoms with Crippen molar-refractivity contribution in [1.82, 2.24) is 6.15 Å². The van der Waals surface area contributed by atoms with Gasteiger partial charge in [-0.05, 0) is 12.5 Å². The van der Waals surface area contributed by atoms with Gasteiger partial charge in [-0.2, -0.15) is 0 Å². The summed E-state index contributed by atoms with van der Waals surface area (Å²) in [7, 11) is 0. The second-order valence-corrected chi connectivity index (χ2v) is 2.02. The smallest absolute Gasteiger partial charge is 0.159 e. The standard InChI is InChI=1S/C6H9ClO.H3N/c1-5(2)6(8)3-4-7;/h1,3-4H2,2H3;1H3. The Morgan fingerprint density at radius 3 is 2.22 bits per heavy atom. The molecule has 9 heavy (non-hydrogen) atoms. The molecular weight excluding hydrogens is 138 g/mol. The third kappa shape index (κ3) is 5.53. The quantitative estimate of drug-likeness (QED) is 0.493. The van der Waals surface area contributed by atoms with Gasteiger partial charge in [0.2, 0.25) is 0 Å². The van der Waals surface area contributed by atoms with E-state index in [4.69, 9.17) is 11.6 Å². The third-order valence-electron chi connectivity index (χ3n) is 0.798. The van der Waals surface area contributed by atoms with E-state index in [0.29, 0.717) is 17.9 Å². The molecule has 3 N–H and O–H groups in total. The molecule has 2 nitrogen and oxygen atoms in total. The van der Waals surface area contributed by atoms with Gasteiger partial charge in [0.15, 0.2) is 5.78 Å². The molecule has 0 saturated heterocycles. The fourth-order valence-electron chi connectivity index (χ4n) is 0.299.